The third-order valence-electron chi connectivity index (χ3n) is 5.21. The van der Waals surface area contributed by atoms with E-state index in [0.717, 1.165) is 10.5 Å². The molecule has 1 fully saturated rings. The summed E-state index contributed by atoms with van der Waals surface area (Å²) in [5.74, 6) is 0.00700. The predicted octanol–water partition coefficient (Wildman–Crippen LogP) is 2.35. The largest absolute Gasteiger partial charge is 0.493 e. The molecular weight excluding hydrogens is 386 g/mol. The summed E-state index contributed by atoms with van der Waals surface area (Å²) in [5, 5.41) is 5.50. The molecule has 1 aliphatic rings. The van der Waals surface area contributed by atoms with Gasteiger partial charge in [0, 0.05) is 0 Å². The van der Waals surface area contributed by atoms with E-state index in [1.165, 1.54) is 14.2 Å². The number of hydrogen-bond acceptors (Lipinski definition) is 5. The molecule has 0 aliphatic carbocycles. The number of urea groups is 1. The number of carbonyl (C=O) groups is 3. The lowest BCUT2D eigenvalue weighted by Gasteiger charge is -2.23. The quantitative estimate of drug-likeness (QED) is 0.682. The minimum atomic E-state index is -1.32. The number of carbonyl (C=O) groups excluding carboxylic acids is 3. The van der Waals surface area contributed by atoms with Crippen LogP contribution in [0.5, 0.6) is 11.5 Å². The molecule has 1 aliphatic heterocycles. The van der Waals surface area contributed by atoms with Crippen molar-refractivity contribution < 1.29 is 23.9 Å². The maximum absolute atomic E-state index is 13.1. The van der Waals surface area contributed by atoms with Gasteiger partial charge < -0.3 is 20.1 Å². The third kappa shape index (κ3) is 3.94. The van der Waals surface area contributed by atoms with Gasteiger partial charge in [0.25, 0.3) is 5.91 Å². The smallest absolute Gasteiger partial charge is 0.325 e. The molecule has 2 aromatic carbocycles. The normalized spacial score (nSPS) is 19.3. The molecule has 4 amide bonds. The fourth-order valence-electron chi connectivity index (χ4n) is 3.44. The molecule has 3 rings (SSSR count). The fourth-order valence-corrected chi connectivity index (χ4v) is 3.44. The van der Waals surface area contributed by atoms with Gasteiger partial charge in [-0.25, -0.2) is 4.79 Å². The number of amides is 4. The van der Waals surface area contributed by atoms with Crippen molar-refractivity contribution in [2.24, 2.45) is 0 Å². The zero-order valence-electron chi connectivity index (χ0n) is 17.4. The van der Waals surface area contributed by atoms with E-state index in [1.807, 2.05) is 37.3 Å². The number of rotatable bonds is 7. The SMILES string of the molecule is COc1ccc(C2(C)NC(=O)N(CC(=O)NC(C)c3ccccc3)C2=O)cc1OC. The van der Waals surface area contributed by atoms with Crippen LogP contribution in [-0.4, -0.2) is 43.5 Å². The van der Waals surface area contributed by atoms with Crippen LogP contribution in [0.25, 0.3) is 0 Å². The minimum Gasteiger partial charge on any atom is -0.493 e. The van der Waals surface area contributed by atoms with Gasteiger partial charge in [0.05, 0.1) is 20.3 Å². The summed E-state index contributed by atoms with van der Waals surface area (Å²) in [6.45, 7) is 3.07. The summed E-state index contributed by atoms with van der Waals surface area (Å²) in [7, 11) is 3.00. The van der Waals surface area contributed by atoms with E-state index in [-0.39, 0.29) is 12.6 Å². The second kappa shape index (κ2) is 8.44. The lowest BCUT2D eigenvalue weighted by molar-refractivity contribution is -0.135. The Labute approximate surface area is 175 Å². The highest BCUT2D eigenvalue weighted by Crippen LogP contribution is 2.35. The van der Waals surface area contributed by atoms with E-state index in [2.05, 4.69) is 10.6 Å². The molecule has 2 N–H and O–H groups in total. The van der Waals surface area contributed by atoms with Crippen molar-refractivity contribution in [1.29, 1.82) is 0 Å². The first-order valence-corrected chi connectivity index (χ1v) is 9.51. The standard InChI is InChI=1S/C22H25N3O5/c1-14(15-8-6-5-7-9-15)23-19(26)13-25-20(27)22(2,24-21(25)28)16-10-11-17(29-3)18(12-16)30-4/h5-12,14H,13H2,1-4H3,(H,23,26)(H,24,28). The second-order valence-electron chi connectivity index (χ2n) is 7.22. The van der Waals surface area contributed by atoms with Crippen molar-refractivity contribution in [3.8, 4) is 11.5 Å². The molecule has 0 bridgehead atoms. The van der Waals surface area contributed by atoms with Crippen LogP contribution >= 0.6 is 0 Å². The molecule has 8 heteroatoms. The molecule has 0 aromatic heterocycles. The monoisotopic (exact) mass is 411 g/mol. The molecule has 2 atom stereocenters. The first-order chi connectivity index (χ1) is 14.3. The minimum absolute atomic E-state index is 0.253. The molecular formula is C22H25N3O5. The van der Waals surface area contributed by atoms with E-state index in [1.54, 1.807) is 25.1 Å². The molecule has 0 saturated carbocycles. The van der Waals surface area contributed by atoms with Crippen molar-refractivity contribution in [3.05, 3.63) is 59.7 Å². The van der Waals surface area contributed by atoms with Crippen LogP contribution in [0.4, 0.5) is 4.79 Å². The van der Waals surface area contributed by atoms with E-state index in [4.69, 9.17) is 9.47 Å². The first kappa shape index (κ1) is 21.2. The van der Waals surface area contributed by atoms with Crippen molar-refractivity contribution in [2.75, 3.05) is 20.8 Å². The Morgan fingerprint density at radius 1 is 1.10 bits per heavy atom. The van der Waals surface area contributed by atoms with Gasteiger partial charge in [-0.3, -0.25) is 14.5 Å². The van der Waals surface area contributed by atoms with E-state index < -0.39 is 23.4 Å². The highest BCUT2D eigenvalue weighted by molar-refractivity contribution is 6.09. The topological polar surface area (TPSA) is 97.0 Å². The van der Waals surface area contributed by atoms with Gasteiger partial charge >= 0.3 is 6.03 Å². The average Bonchev–Trinajstić information content (AvgIpc) is 2.97. The Morgan fingerprint density at radius 2 is 1.77 bits per heavy atom. The number of ether oxygens (including phenoxy) is 2. The van der Waals surface area contributed by atoms with E-state index in [9.17, 15) is 14.4 Å². The molecule has 1 saturated heterocycles. The number of imide groups is 1. The Hall–Kier alpha value is -3.55. The maximum atomic E-state index is 13.1. The Kier molecular flexibility index (Phi) is 5.96. The van der Waals surface area contributed by atoms with Gasteiger partial charge in [-0.1, -0.05) is 36.4 Å². The Morgan fingerprint density at radius 3 is 2.40 bits per heavy atom. The number of nitrogens with zero attached hydrogens (tertiary/aromatic N) is 1. The average molecular weight is 411 g/mol. The van der Waals surface area contributed by atoms with Gasteiger partial charge in [0.2, 0.25) is 5.91 Å². The van der Waals surface area contributed by atoms with E-state index in [0.29, 0.717) is 17.1 Å². The molecule has 158 valence electrons. The summed E-state index contributed by atoms with van der Waals surface area (Å²) in [5.41, 5.74) is 0.138. The molecule has 2 aromatic rings. The van der Waals surface area contributed by atoms with Crippen LogP contribution < -0.4 is 20.1 Å². The van der Waals surface area contributed by atoms with E-state index >= 15 is 0 Å². The Bertz CT molecular complexity index is 963. The third-order valence-corrected chi connectivity index (χ3v) is 5.21. The highest BCUT2D eigenvalue weighted by Gasteiger charge is 2.49. The number of nitrogens with one attached hydrogen (secondary N) is 2. The molecule has 8 nitrogen and oxygen atoms in total. The van der Waals surface area contributed by atoms with Crippen LogP contribution in [0.1, 0.15) is 31.0 Å². The Balaban J connectivity index is 1.75. The van der Waals surface area contributed by atoms with Crippen molar-refractivity contribution in [3.63, 3.8) is 0 Å². The first-order valence-electron chi connectivity index (χ1n) is 9.51. The summed E-state index contributed by atoms with van der Waals surface area (Å²) >= 11 is 0. The zero-order valence-corrected chi connectivity index (χ0v) is 17.4. The fraction of sp³-hybridized carbons (Fsp3) is 0.318. The number of hydrogen-bond donors (Lipinski definition) is 2. The van der Waals surface area contributed by atoms with Crippen LogP contribution in [0.2, 0.25) is 0 Å². The zero-order chi connectivity index (χ0) is 21.9. The summed E-state index contributed by atoms with van der Waals surface area (Å²) in [6, 6.07) is 13.5. The lowest BCUT2D eigenvalue weighted by Crippen LogP contribution is -2.43. The van der Waals surface area contributed by atoms with Gasteiger partial charge in [-0.05, 0) is 37.1 Å². The predicted molar refractivity (Wildman–Crippen MR) is 110 cm³/mol. The molecule has 2 unspecified atom stereocenters. The van der Waals surface area contributed by atoms with Crippen LogP contribution in [0.3, 0.4) is 0 Å². The van der Waals surface area contributed by atoms with Crippen LogP contribution in [0, 0.1) is 0 Å². The van der Waals surface area contributed by atoms with Gasteiger partial charge in [0.1, 0.15) is 12.1 Å². The molecule has 30 heavy (non-hydrogen) atoms. The maximum Gasteiger partial charge on any atom is 0.325 e. The number of benzene rings is 2. The molecule has 0 spiro atoms. The van der Waals surface area contributed by atoms with Crippen molar-refractivity contribution in [2.45, 2.75) is 25.4 Å². The summed E-state index contributed by atoms with van der Waals surface area (Å²) < 4.78 is 10.5. The van der Waals surface area contributed by atoms with Crippen LogP contribution in [0.15, 0.2) is 48.5 Å². The lowest BCUT2D eigenvalue weighted by atomic mass is 9.91. The summed E-state index contributed by atoms with van der Waals surface area (Å²) in [4.78, 5) is 39.0. The van der Waals surface area contributed by atoms with Crippen molar-refractivity contribution in [1.82, 2.24) is 15.5 Å². The molecule has 1 heterocycles. The molecule has 0 radical (unpaired) electrons. The second-order valence-corrected chi connectivity index (χ2v) is 7.22. The summed E-state index contributed by atoms with van der Waals surface area (Å²) in [6.07, 6.45) is 0. The van der Waals surface area contributed by atoms with Gasteiger partial charge in [-0.2, -0.15) is 0 Å². The van der Waals surface area contributed by atoms with Crippen molar-refractivity contribution >= 4 is 17.8 Å². The highest BCUT2D eigenvalue weighted by atomic mass is 16.5. The van der Waals surface area contributed by atoms with Gasteiger partial charge in [-0.15, -0.1) is 0 Å². The van der Waals surface area contributed by atoms with Gasteiger partial charge in [0.15, 0.2) is 11.5 Å². The van der Waals surface area contributed by atoms with Crippen LogP contribution in [-0.2, 0) is 15.1 Å². The number of methoxy groups -OCH3 is 2.